The highest BCUT2D eigenvalue weighted by Gasteiger charge is 2.45. The van der Waals surface area contributed by atoms with Gasteiger partial charge in [-0.15, -0.1) is 6.58 Å². The second kappa shape index (κ2) is 4.32. The van der Waals surface area contributed by atoms with Crippen LogP contribution in [0.5, 0.6) is 0 Å². The molecular formula is C19H18O. The maximum atomic E-state index is 5.54. The van der Waals surface area contributed by atoms with Crippen LogP contribution in [0.25, 0.3) is 11.1 Å². The normalized spacial score (nSPS) is 21.1. The van der Waals surface area contributed by atoms with Crippen molar-refractivity contribution in [1.29, 1.82) is 0 Å². The van der Waals surface area contributed by atoms with Gasteiger partial charge in [0.15, 0.2) is 0 Å². The summed E-state index contributed by atoms with van der Waals surface area (Å²) in [6.45, 7) is 4.91. The van der Waals surface area contributed by atoms with Gasteiger partial charge in [-0.25, -0.2) is 0 Å². The number of rotatable bonds is 4. The van der Waals surface area contributed by atoms with Gasteiger partial charge in [-0.3, -0.25) is 0 Å². The third-order valence-corrected chi connectivity index (χ3v) is 4.65. The van der Waals surface area contributed by atoms with Crippen molar-refractivity contribution in [2.75, 3.05) is 6.61 Å². The molecule has 100 valence electrons. The van der Waals surface area contributed by atoms with Crippen LogP contribution in [0.15, 0.2) is 61.2 Å². The Morgan fingerprint density at radius 3 is 2.10 bits per heavy atom. The Hall–Kier alpha value is -1.86. The van der Waals surface area contributed by atoms with Gasteiger partial charge in [-0.1, -0.05) is 54.6 Å². The molecule has 0 bridgehead atoms. The lowest BCUT2D eigenvalue weighted by Crippen LogP contribution is -2.26. The average molecular weight is 262 g/mol. The topological polar surface area (TPSA) is 12.5 Å². The summed E-state index contributed by atoms with van der Waals surface area (Å²) in [4.78, 5) is 0. The molecule has 1 heterocycles. The zero-order valence-electron chi connectivity index (χ0n) is 11.5. The van der Waals surface area contributed by atoms with Crippen LogP contribution in [0, 0.1) is 0 Å². The van der Waals surface area contributed by atoms with E-state index in [1.54, 1.807) is 0 Å². The molecule has 2 aromatic carbocycles. The first-order valence-corrected chi connectivity index (χ1v) is 7.27. The van der Waals surface area contributed by atoms with Crippen LogP contribution in [-0.2, 0) is 10.2 Å². The van der Waals surface area contributed by atoms with Crippen LogP contribution in [0.1, 0.15) is 24.0 Å². The van der Waals surface area contributed by atoms with E-state index in [0.717, 1.165) is 19.4 Å². The van der Waals surface area contributed by atoms with Gasteiger partial charge in [0.2, 0.25) is 0 Å². The first-order chi connectivity index (χ1) is 9.85. The van der Waals surface area contributed by atoms with Crippen molar-refractivity contribution in [2.24, 2.45) is 0 Å². The van der Waals surface area contributed by atoms with Crippen molar-refractivity contribution in [3.05, 3.63) is 72.3 Å². The van der Waals surface area contributed by atoms with E-state index >= 15 is 0 Å². The van der Waals surface area contributed by atoms with Gasteiger partial charge >= 0.3 is 0 Å². The lowest BCUT2D eigenvalue weighted by atomic mass is 9.72. The molecule has 20 heavy (non-hydrogen) atoms. The third kappa shape index (κ3) is 1.60. The predicted molar refractivity (Wildman–Crippen MR) is 81.8 cm³/mol. The number of epoxide rings is 1. The van der Waals surface area contributed by atoms with Crippen LogP contribution in [0.3, 0.4) is 0 Å². The Balaban J connectivity index is 1.98. The first kappa shape index (κ1) is 11.9. The van der Waals surface area contributed by atoms with E-state index in [1.807, 2.05) is 0 Å². The Morgan fingerprint density at radius 1 is 1.05 bits per heavy atom. The molecule has 0 saturated carbocycles. The SMILES string of the molecule is C=CCC1(CC2CO2)c2ccccc2-c2ccccc21. The van der Waals surface area contributed by atoms with Gasteiger partial charge in [0.1, 0.15) is 0 Å². The standard InChI is InChI=1S/C19H18O/c1-2-11-19(12-14-13-20-14)17-9-5-3-7-15(17)16-8-4-6-10-18(16)19/h2-10,14H,1,11-13H2. The molecule has 0 aromatic heterocycles. The zero-order valence-corrected chi connectivity index (χ0v) is 11.5. The second-order valence-corrected chi connectivity index (χ2v) is 5.83. The van der Waals surface area contributed by atoms with Crippen LogP contribution >= 0.6 is 0 Å². The highest BCUT2D eigenvalue weighted by molar-refractivity contribution is 5.81. The quantitative estimate of drug-likeness (QED) is 0.590. The van der Waals surface area contributed by atoms with Crippen LogP contribution in [0.4, 0.5) is 0 Å². The van der Waals surface area contributed by atoms with Gasteiger partial charge in [0.05, 0.1) is 12.7 Å². The maximum Gasteiger partial charge on any atom is 0.0821 e. The fourth-order valence-electron chi connectivity index (χ4n) is 3.76. The molecule has 1 saturated heterocycles. The summed E-state index contributed by atoms with van der Waals surface area (Å²) in [5, 5.41) is 0. The summed E-state index contributed by atoms with van der Waals surface area (Å²) >= 11 is 0. The number of ether oxygens (including phenoxy) is 1. The maximum absolute atomic E-state index is 5.54. The van der Waals surface area contributed by atoms with Crippen molar-refractivity contribution >= 4 is 0 Å². The summed E-state index contributed by atoms with van der Waals surface area (Å²) in [7, 11) is 0. The molecule has 1 fully saturated rings. The molecule has 4 rings (SSSR count). The molecule has 1 heteroatoms. The molecule has 1 atom stereocenters. The number of hydrogen-bond acceptors (Lipinski definition) is 1. The molecule has 1 unspecified atom stereocenters. The second-order valence-electron chi connectivity index (χ2n) is 5.83. The van der Waals surface area contributed by atoms with E-state index < -0.39 is 0 Å². The van der Waals surface area contributed by atoms with Crippen molar-refractivity contribution < 1.29 is 4.74 Å². The van der Waals surface area contributed by atoms with Gasteiger partial charge < -0.3 is 4.74 Å². The largest absolute Gasteiger partial charge is 0.373 e. The molecule has 2 aromatic rings. The van der Waals surface area contributed by atoms with E-state index in [9.17, 15) is 0 Å². The van der Waals surface area contributed by atoms with E-state index in [0.29, 0.717) is 6.10 Å². The van der Waals surface area contributed by atoms with E-state index in [1.165, 1.54) is 22.3 Å². The Morgan fingerprint density at radius 2 is 1.60 bits per heavy atom. The van der Waals surface area contributed by atoms with Crippen molar-refractivity contribution in [2.45, 2.75) is 24.4 Å². The minimum Gasteiger partial charge on any atom is -0.373 e. The zero-order chi connectivity index (χ0) is 13.6. The minimum atomic E-state index is 0.0517. The summed E-state index contributed by atoms with van der Waals surface area (Å²) in [6.07, 6.45) is 4.50. The molecule has 2 aliphatic rings. The highest BCUT2D eigenvalue weighted by atomic mass is 16.6. The van der Waals surface area contributed by atoms with Gasteiger partial charge in [-0.2, -0.15) is 0 Å². The molecule has 0 N–H and O–H groups in total. The summed E-state index contributed by atoms with van der Waals surface area (Å²) in [5.74, 6) is 0. The van der Waals surface area contributed by atoms with Gasteiger partial charge in [-0.05, 0) is 35.1 Å². The smallest absolute Gasteiger partial charge is 0.0821 e. The Labute approximate surface area is 119 Å². The summed E-state index contributed by atoms with van der Waals surface area (Å²) in [5.41, 5.74) is 5.69. The minimum absolute atomic E-state index is 0.0517. The predicted octanol–water partition coefficient (Wildman–Crippen LogP) is 4.32. The average Bonchev–Trinajstić information content (AvgIpc) is 3.26. The van der Waals surface area contributed by atoms with Gasteiger partial charge in [0, 0.05) is 5.41 Å². The van der Waals surface area contributed by atoms with E-state index in [-0.39, 0.29) is 5.41 Å². The summed E-state index contributed by atoms with van der Waals surface area (Å²) < 4.78 is 5.54. The van der Waals surface area contributed by atoms with Crippen molar-refractivity contribution in [3.8, 4) is 11.1 Å². The number of allylic oxidation sites excluding steroid dienone is 1. The third-order valence-electron chi connectivity index (χ3n) is 4.65. The van der Waals surface area contributed by atoms with E-state index in [2.05, 4.69) is 61.2 Å². The Kier molecular flexibility index (Phi) is 2.58. The monoisotopic (exact) mass is 262 g/mol. The van der Waals surface area contributed by atoms with Crippen molar-refractivity contribution in [1.82, 2.24) is 0 Å². The van der Waals surface area contributed by atoms with Gasteiger partial charge in [0.25, 0.3) is 0 Å². The summed E-state index contributed by atoms with van der Waals surface area (Å²) in [6, 6.07) is 17.6. The lowest BCUT2D eigenvalue weighted by Gasteiger charge is -2.30. The molecular weight excluding hydrogens is 244 g/mol. The number of fused-ring (bicyclic) bond motifs is 3. The molecule has 0 spiro atoms. The first-order valence-electron chi connectivity index (χ1n) is 7.27. The van der Waals surface area contributed by atoms with E-state index in [4.69, 9.17) is 4.74 Å². The fourth-order valence-corrected chi connectivity index (χ4v) is 3.76. The number of benzene rings is 2. The number of hydrogen-bond donors (Lipinski definition) is 0. The molecule has 1 nitrogen and oxygen atoms in total. The highest BCUT2D eigenvalue weighted by Crippen LogP contribution is 2.54. The molecule has 1 aliphatic heterocycles. The lowest BCUT2D eigenvalue weighted by molar-refractivity contribution is 0.349. The fraction of sp³-hybridized carbons (Fsp3) is 0.263. The molecule has 0 radical (unpaired) electrons. The van der Waals surface area contributed by atoms with Crippen molar-refractivity contribution in [3.63, 3.8) is 0 Å². The molecule has 1 aliphatic carbocycles. The van der Waals surface area contributed by atoms with Crippen LogP contribution in [-0.4, -0.2) is 12.7 Å². The van der Waals surface area contributed by atoms with Crippen LogP contribution < -0.4 is 0 Å². The van der Waals surface area contributed by atoms with Crippen LogP contribution in [0.2, 0.25) is 0 Å². The Bertz CT molecular complexity index is 621. The molecule has 0 amide bonds.